The van der Waals surface area contributed by atoms with Crippen molar-refractivity contribution in [3.8, 4) is 11.5 Å². The molecule has 0 aliphatic rings. The first-order valence-corrected chi connectivity index (χ1v) is 6.48. The van der Waals surface area contributed by atoms with Gasteiger partial charge in [-0.15, -0.1) is 0 Å². The Kier molecular flexibility index (Phi) is 12.5. The summed E-state index contributed by atoms with van der Waals surface area (Å²) in [7, 11) is 1.00. The van der Waals surface area contributed by atoms with Crippen molar-refractivity contribution in [3.63, 3.8) is 0 Å². The van der Waals surface area contributed by atoms with Crippen LogP contribution in [0.15, 0.2) is 24.3 Å². The number of phenolic OH excluding ortho intramolecular Hbond substituents is 1. The Morgan fingerprint density at radius 1 is 1.16 bits per heavy atom. The van der Waals surface area contributed by atoms with E-state index in [1.54, 1.807) is 18.2 Å². The highest BCUT2D eigenvalue weighted by Crippen LogP contribution is 2.23. The molecule has 0 atom stereocenters. The molecule has 4 nitrogen and oxygen atoms in total. The average molecular weight is 272 g/mol. The standard InChI is InChI=1S/C11H16O2.C3H8O.CH4O/c1-4-11(2,3)13-10-7-5-6-9(12)8-10;1-2-3-4;1-2/h5-8,12H,4H2,1-3H3;4H,2-3H2,1H3;2H,1H3. The lowest BCUT2D eigenvalue weighted by Gasteiger charge is -2.24. The van der Waals surface area contributed by atoms with E-state index in [0.717, 1.165) is 20.0 Å². The van der Waals surface area contributed by atoms with Crippen molar-refractivity contribution in [1.29, 1.82) is 0 Å². The molecule has 0 aliphatic carbocycles. The molecule has 0 aromatic heterocycles. The van der Waals surface area contributed by atoms with Crippen molar-refractivity contribution < 1.29 is 20.1 Å². The molecule has 0 saturated carbocycles. The van der Waals surface area contributed by atoms with Crippen LogP contribution in [0, 0.1) is 0 Å². The zero-order chi connectivity index (χ0) is 15.3. The predicted molar refractivity (Wildman–Crippen MR) is 78.6 cm³/mol. The van der Waals surface area contributed by atoms with Gasteiger partial charge in [-0.25, -0.2) is 0 Å². The summed E-state index contributed by atoms with van der Waals surface area (Å²) in [5.41, 5.74) is -0.173. The van der Waals surface area contributed by atoms with E-state index in [1.165, 1.54) is 0 Å². The molecule has 0 heterocycles. The molecule has 0 aliphatic heterocycles. The Morgan fingerprint density at radius 3 is 2.05 bits per heavy atom. The molecule has 0 amide bonds. The third-order valence-corrected chi connectivity index (χ3v) is 2.29. The van der Waals surface area contributed by atoms with E-state index < -0.39 is 0 Å². The molecule has 0 bridgehead atoms. The Bertz CT molecular complexity index is 309. The van der Waals surface area contributed by atoms with Gasteiger partial charge < -0.3 is 20.1 Å². The highest BCUT2D eigenvalue weighted by Gasteiger charge is 2.16. The lowest BCUT2D eigenvalue weighted by atomic mass is 10.1. The minimum Gasteiger partial charge on any atom is -0.508 e. The van der Waals surface area contributed by atoms with Crippen LogP contribution in [0.5, 0.6) is 11.5 Å². The van der Waals surface area contributed by atoms with Crippen molar-refractivity contribution >= 4 is 0 Å². The number of phenols is 1. The minimum absolute atomic E-state index is 0.173. The highest BCUT2D eigenvalue weighted by molar-refractivity contribution is 5.32. The molecular weight excluding hydrogens is 244 g/mol. The maximum absolute atomic E-state index is 9.20. The summed E-state index contributed by atoms with van der Waals surface area (Å²) in [5, 5.41) is 24.1. The zero-order valence-corrected chi connectivity index (χ0v) is 12.7. The third-order valence-electron chi connectivity index (χ3n) is 2.29. The summed E-state index contributed by atoms with van der Waals surface area (Å²) >= 11 is 0. The number of aliphatic hydroxyl groups is 2. The third kappa shape index (κ3) is 11.6. The number of ether oxygens (including phenoxy) is 1. The van der Waals surface area contributed by atoms with Crippen molar-refractivity contribution in [2.75, 3.05) is 13.7 Å². The molecule has 0 spiro atoms. The molecule has 0 radical (unpaired) electrons. The zero-order valence-electron chi connectivity index (χ0n) is 12.7. The van der Waals surface area contributed by atoms with Crippen LogP contribution in [-0.4, -0.2) is 34.6 Å². The van der Waals surface area contributed by atoms with Gasteiger partial charge in [0.1, 0.15) is 17.1 Å². The summed E-state index contributed by atoms with van der Waals surface area (Å²) in [4.78, 5) is 0. The average Bonchev–Trinajstić information content (AvgIpc) is 2.41. The summed E-state index contributed by atoms with van der Waals surface area (Å²) < 4.78 is 5.67. The van der Waals surface area contributed by atoms with Crippen LogP contribution in [0.3, 0.4) is 0 Å². The van der Waals surface area contributed by atoms with Gasteiger partial charge in [0.15, 0.2) is 0 Å². The summed E-state index contributed by atoms with van der Waals surface area (Å²) in [6, 6.07) is 6.87. The largest absolute Gasteiger partial charge is 0.508 e. The fourth-order valence-corrected chi connectivity index (χ4v) is 0.938. The first kappa shape index (κ1) is 20.1. The van der Waals surface area contributed by atoms with Gasteiger partial charge in [-0.05, 0) is 38.8 Å². The van der Waals surface area contributed by atoms with E-state index in [4.69, 9.17) is 14.9 Å². The first-order chi connectivity index (χ1) is 8.95. The Morgan fingerprint density at radius 2 is 1.68 bits per heavy atom. The summed E-state index contributed by atoms with van der Waals surface area (Å²) in [6.07, 6.45) is 1.81. The Hall–Kier alpha value is -1.26. The smallest absolute Gasteiger partial charge is 0.123 e. The maximum atomic E-state index is 9.20. The van der Waals surface area contributed by atoms with Gasteiger partial charge in [-0.2, -0.15) is 0 Å². The molecule has 0 unspecified atom stereocenters. The van der Waals surface area contributed by atoms with E-state index >= 15 is 0 Å². The number of benzene rings is 1. The molecule has 19 heavy (non-hydrogen) atoms. The molecule has 0 fully saturated rings. The fraction of sp³-hybridized carbons (Fsp3) is 0.600. The lowest BCUT2D eigenvalue weighted by molar-refractivity contribution is 0.105. The van der Waals surface area contributed by atoms with E-state index in [1.807, 2.05) is 26.8 Å². The lowest BCUT2D eigenvalue weighted by Crippen LogP contribution is -2.26. The van der Waals surface area contributed by atoms with Gasteiger partial charge >= 0.3 is 0 Å². The highest BCUT2D eigenvalue weighted by atomic mass is 16.5. The fourth-order valence-electron chi connectivity index (χ4n) is 0.938. The quantitative estimate of drug-likeness (QED) is 0.788. The molecular formula is C15H28O4. The summed E-state index contributed by atoms with van der Waals surface area (Å²) in [5.74, 6) is 0.955. The SMILES string of the molecule is CCC(C)(C)Oc1cccc(O)c1.CCCO.CO. The van der Waals surface area contributed by atoms with Crippen LogP contribution in [0.2, 0.25) is 0 Å². The molecule has 3 N–H and O–H groups in total. The van der Waals surface area contributed by atoms with Gasteiger partial charge in [0.25, 0.3) is 0 Å². The second kappa shape index (κ2) is 11.8. The van der Waals surface area contributed by atoms with Crippen LogP contribution in [0.1, 0.15) is 40.5 Å². The Balaban J connectivity index is 0. The molecule has 112 valence electrons. The number of aromatic hydroxyl groups is 1. The topological polar surface area (TPSA) is 69.9 Å². The van der Waals surface area contributed by atoms with E-state index in [0.29, 0.717) is 12.4 Å². The van der Waals surface area contributed by atoms with Crippen LogP contribution < -0.4 is 4.74 Å². The number of hydrogen-bond donors (Lipinski definition) is 3. The molecule has 1 aromatic carbocycles. The van der Waals surface area contributed by atoms with Gasteiger partial charge in [-0.3, -0.25) is 0 Å². The molecule has 4 heteroatoms. The van der Waals surface area contributed by atoms with Gasteiger partial charge in [0.05, 0.1) is 0 Å². The Labute approximate surface area is 116 Å². The van der Waals surface area contributed by atoms with E-state index in [9.17, 15) is 5.11 Å². The number of rotatable bonds is 4. The van der Waals surface area contributed by atoms with Crippen molar-refractivity contribution in [1.82, 2.24) is 0 Å². The van der Waals surface area contributed by atoms with E-state index in [2.05, 4.69) is 6.92 Å². The van der Waals surface area contributed by atoms with Crippen LogP contribution in [0.4, 0.5) is 0 Å². The van der Waals surface area contributed by atoms with Crippen molar-refractivity contribution in [2.45, 2.75) is 46.1 Å². The minimum atomic E-state index is -0.173. The summed E-state index contributed by atoms with van der Waals surface area (Å²) in [6.45, 7) is 8.37. The monoisotopic (exact) mass is 272 g/mol. The van der Waals surface area contributed by atoms with Crippen molar-refractivity contribution in [3.05, 3.63) is 24.3 Å². The van der Waals surface area contributed by atoms with Crippen LogP contribution in [-0.2, 0) is 0 Å². The second-order valence-electron chi connectivity index (χ2n) is 4.44. The molecule has 0 saturated heterocycles. The van der Waals surface area contributed by atoms with E-state index in [-0.39, 0.29) is 11.4 Å². The van der Waals surface area contributed by atoms with Crippen LogP contribution >= 0.6 is 0 Å². The van der Waals surface area contributed by atoms with Gasteiger partial charge in [-0.1, -0.05) is 19.9 Å². The van der Waals surface area contributed by atoms with Gasteiger partial charge in [0.2, 0.25) is 0 Å². The number of aliphatic hydroxyl groups excluding tert-OH is 2. The first-order valence-electron chi connectivity index (χ1n) is 6.48. The van der Waals surface area contributed by atoms with Gasteiger partial charge in [0, 0.05) is 19.8 Å². The number of hydrogen-bond acceptors (Lipinski definition) is 4. The normalized spacial score (nSPS) is 9.63. The van der Waals surface area contributed by atoms with Crippen LogP contribution in [0.25, 0.3) is 0 Å². The van der Waals surface area contributed by atoms with Crippen molar-refractivity contribution in [2.24, 2.45) is 0 Å². The second-order valence-corrected chi connectivity index (χ2v) is 4.44. The predicted octanol–water partition coefficient (Wildman–Crippen LogP) is 2.96. The molecule has 1 rings (SSSR count). The maximum Gasteiger partial charge on any atom is 0.123 e. The molecule has 1 aromatic rings.